The zero-order valence-electron chi connectivity index (χ0n) is 8.22. The van der Waals surface area contributed by atoms with Gasteiger partial charge in [-0.2, -0.15) is 0 Å². The topological polar surface area (TPSA) is 59.1 Å². The van der Waals surface area contributed by atoms with Crippen LogP contribution in [0.5, 0.6) is 0 Å². The van der Waals surface area contributed by atoms with Crippen LogP contribution in [-0.2, 0) is 6.61 Å². The Kier molecular flexibility index (Phi) is 2.65. The van der Waals surface area contributed by atoms with Gasteiger partial charge in [0.1, 0.15) is 0 Å². The Morgan fingerprint density at radius 1 is 1.13 bits per heavy atom. The predicted molar refractivity (Wildman–Crippen MR) is 60.0 cm³/mol. The molecule has 15 heavy (non-hydrogen) atoms. The van der Waals surface area contributed by atoms with E-state index in [1.54, 1.807) is 12.3 Å². The van der Waals surface area contributed by atoms with Crippen molar-refractivity contribution in [2.75, 3.05) is 5.73 Å². The van der Waals surface area contributed by atoms with Crippen LogP contribution in [0.15, 0.2) is 42.6 Å². The van der Waals surface area contributed by atoms with Crippen molar-refractivity contribution in [3.63, 3.8) is 0 Å². The number of pyridine rings is 1. The van der Waals surface area contributed by atoms with E-state index in [-0.39, 0.29) is 6.61 Å². The Morgan fingerprint density at radius 3 is 2.53 bits per heavy atom. The number of benzene rings is 1. The summed E-state index contributed by atoms with van der Waals surface area (Å²) in [5, 5.41) is 9.19. The van der Waals surface area contributed by atoms with E-state index >= 15 is 0 Å². The minimum Gasteiger partial charge on any atom is -0.398 e. The molecule has 0 saturated heterocycles. The van der Waals surface area contributed by atoms with Crippen LogP contribution in [0.3, 0.4) is 0 Å². The summed E-state index contributed by atoms with van der Waals surface area (Å²) in [7, 11) is 0. The summed E-state index contributed by atoms with van der Waals surface area (Å²) in [4.78, 5) is 4.10. The van der Waals surface area contributed by atoms with Crippen LogP contribution in [-0.4, -0.2) is 10.1 Å². The first-order valence-electron chi connectivity index (χ1n) is 4.72. The molecule has 2 aromatic rings. The summed E-state index contributed by atoms with van der Waals surface area (Å²) in [6, 6.07) is 11.4. The molecule has 2 rings (SSSR count). The predicted octanol–water partition coefficient (Wildman–Crippen LogP) is 1.82. The third-order valence-corrected chi connectivity index (χ3v) is 2.27. The number of hydrogen-bond acceptors (Lipinski definition) is 3. The molecule has 3 N–H and O–H groups in total. The summed E-state index contributed by atoms with van der Waals surface area (Å²) in [5.41, 5.74) is 8.93. The van der Waals surface area contributed by atoms with Crippen molar-refractivity contribution in [1.29, 1.82) is 0 Å². The molecule has 0 amide bonds. The Morgan fingerprint density at radius 2 is 1.87 bits per heavy atom. The number of aliphatic hydroxyl groups is 1. The molecule has 0 radical (unpaired) electrons. The summed E-state index contributed by atoms with van der Waals surface area (Å²) in [6.45, 7) is -0.102. The highest BCUT2D eigenvalue weighted by Gasteiger charge is 2.08. The molecule has 3 nitrogen and oxygen atoms in total. The molecule has 0 fully saturated rings. The van der Waals surface area contributed by atoms with E-state index in [1.165, 1.54) is 0 Å². The maximum absolute atomic E-state index is 9.19. The Bertz CT molecular complexity index is 454. The van der Waals surface area contributed by atoms with Gasteiger partial charge in [-0.1, -0.05) is 30.3 Å². The number of anilines is 1. The molecule has 0 unspecified atom stereocenters. The van der Waals surface area contributed by atoms with Crippen molar-refractivity contribution in [1.82, 2.24) is 4.98 Å². The molecule has 0 aliphatic carbocycles. The van der Waals surface area contributed by atoms with Gasteiger partial charge >= 0.3 is 0 Å². The lowest BCUT2D eigenvalue weighted by molar-refractivity contribution is 0.277. The Hall–Kier alpha value is -1.87. The van der Waals surface area contributed by atoms with Crippen LogP contribution in [0, 0.1) is 0 Å². The zero-order valence-corrected chi connectivity index (χ0v) is 8.22. The fourth-order valence-electron chi connectivity index (χ4n) is 1.58. The second kappa shape index (κ2) is 4.11. The molecule has 0 aliphatic heterocycles. The lowest BCUT2D eigenvalue weighted by atomic mass is 10.0. The van der Waals surface area contributed by atoms with Crippen molar-refractivity contribution in [2.45, 2.75) is 6.61 Å². The molecule has 76 valence electrons. The highest BCUT2D eigenvalue weighted by atomic mass is 16.3. The lowest BCUT2D eigenvalue weighted by Crippen LogP contribution is -1.98. The molecule has 0 aliphatic rings. The molecule has 1 aromatic heterocycles. The molecule has 1 heterocycles. The average molecular weight is 200 g/mol. The number of hydrogen-bond donors (Lipinski definition) is 2. The van der Waals surface area contributed by atoms with Gasteiger partial charge in [-0.25, -0.2) is 0 Å². The summed E-state index contributed by atoms with van der Waals surface area (Å²) < 4.78 is 0. The molecular formula is C12H12N2O. The first kappa shape index (κ1) is 9.68. The summed E-state index contributed by atoms with van der Waals surface area (Å²) in [6.07, 6.45) is 1.60. The van der Waals surface area contributed by atoms with Crippen LogP contribution in [0.2, 0.25) is 0 Å². The van der Waals surface area contributed by atoms with Crippen LogP contribution in [0.1, 0.15) is 5.69 Å². The number of nitrogens with zero attached hydrogens (tertiary/aromatic N) is 1. The van der Waals surface area contributed by atoms with Crippen molar-refractivity contribution in [3.8, 4) is 11.1 Å². The molecule has 0 atom stereocenters. The number of aliphatic hydroxyl groups excluding tert-OH is 1. The third kappa shape index (κ3) is 1.82. The van der Waals surface area contributed by atoms with Crippen LogP contribution in [0.25, 0.3) is 11.1 Å². The maximum atomic E-state index is 9.19. The quantitative estimate of drug-likeness (QED) is 0.777. The van der Waals surface area contributed by atoms with Gasteiger partial charge in [0.25, 0.3) is 0 Å². The zero-order chi connectivity index (χ0) is 10.7. The van der Waals surface area contributed by atoms with E-state index < -0.39 is 0 Å². The van der Waals surface area contributed by atoms with Gasteiger partial charge in [-0.05, 0) is 11.6 Å². The molecule has 3 heteroatoms. The lowest BCUT2D eigenvalue weighted by Gasteiger charge is -2.09. The average Bonchev–Trinajstić information content (AvgIpc) is 2.29. The largest absolute Gasteiger partial charge is 0.398 e. The fourth-order valence-corrected chi connectivity index (χ4v) is 1.58. The van der Waals surface area contributed by atoms with Crippen molar-refractivity contribution >= 4 is 5.69 Å². The molecule has 1 aromatic carbocycles. The Balaban J connectivity index is 2.61. The molecule has 0 spiro atoms. The number of rotatable bonds is 2. The first-order valence-corrected chi connectivity index (χ1v) is 4.72. The number of aromatic nitrogens is 1. The maximum Gasteiger partial charge on any atom is 0.0860 e. The smallest absolute Gasteiger partial charge is 0.0860 e. The van der Waals surface area contributed by atoms with Crippen LogP contribution < -0.4 is 5.73 Å². The van der Waals surface area contributed by atoms with E-state index in [1.807, 2.05) is 30.3 Å². The highest BCUT2D eigenvalue weighted by molar-refractivity contribution is 5.77. The van der Waals surface area contributed by atoms with Crippen molar-refractivity contribution in [2.24, 2.45) is 0 Å². The van der Waals surface area contributed by atoms with Crippen LogP contribution in [0.4, 0.5) is 5.69 Å². The fraction of sp³-hybridized carbons (Fsp3) is 0.0833. The monoisotopic (exact) mass is 200 g/mol. The second-order valence-electron chi connectivity index (χ2n) is 3.25. The third-order valence-electron chi connectivity index (χ3n) is 2.27. The molecule has 0 bridgehead atoms. The SMILES string of the molecule is Nc1ccnc(CO)c1-c1ccccc1. The van der Waals surface area contributed by atoms with E-state index in [0.29, 0.717) is 11.4 Å². The van der Waals surface area contributed by atoms with E-state index in [2.05, 4.69) is 4.98 Å². The van der Waals surface area contributed by atoms with E-state index in [9.17, 15) is 5.11 Å². The van der Waals surface area contributed by atoms with Gasteiger partial charge in [0.15, 0.2) is 0 Å². The van der Waals surface area contributed by atoms with Crippen molar-refractivity contribution < 1.29 is 5.11 Å². The van der Waals surface area contributed by atoms with E-state index in [4.69, 9.17) is 5.73 Å². The summed E-state index contributed by atoms with van der Waals surface area (Å²) >= 11 is 0. The Labute approximate surface area is 88.2 Å². The molecular weight excluding hydrogens is 188 g/mol. The first-order chi connectivity index (χ1) is 7.33. The number of nitrogen functional groups attached to an aromatic ring is 1. The van der Waals surface area contributed by atoms with Crippen LogP contribution >= 0.6 is 0 Å². The van der Waals surface area contributed by atoms with Gasteiger partial charge in [0, 0.05) is 17.4 Å². The second-order valence-corrected chi connectivity index (χ2v) is 3.25. The minimum atomic E-state index is -0.102. The highest BCUT2D eigenvalue weighted by Crippen LogP contribution is 2.27. The minimum absolute atomic E-state index is 0.102. The van der Waals surface area contributed by atoms with Gasteiger partial charge in [-0.15, -0.1) is 0 Å². The van der Waals surface area contributed by atoms with E-state index in [0.717, 1.165) is 11.1 Å². The van der Waals surface area contributed by atoms with Crippen molar-refractivity contribution in [3.05, 3.63) is 48.3 Å². The standard InChI is InChI=1S/C12H12N2O/c13-10-6-7-14-11(8-15)12(10)9-4-2-1-3-5-9/h1-7,15H,8H2,(H2,13,14). The molecule has 0 saturated carbocycles. The normalized spacial score (nSPS) is 10.2. The van der Waals surface area contributed by atoms with Gasteiger partial charge < -0.3 is 10.8 Å². The van der Waals surface area contributed by atoms with Gasteiger partial charge in [0.2, 0.25) is 0 Å². The van der Waals surface area contributed by atoms with Gasteiger partial charge in [-0.3, -0.25) is 4.98 Å². The number of nitrogens with two attached hydrogens (primary N) is 1. The summed E-state index contributed by atoms with van der Waals surface area (Å²) in [5.74, 6) is 0. The van der Waals surface area contributed by atoms with Gasteiger partial charge in [0.05, 0.1) is 12.3 Å².